The van der Waals surface area contributed by atoms with Gasteiger partial charge in [-0.3, -0.25) is 9.59 Å². The molecule has 44 heavy (non-hydrogen) atoms. The predicted octanol–water partition coefficient (Wildman–Crippen LogP) is 3.66. The third kappa shape index (κ3) is 10.1. The first-order valence-electron chi connectivity index (χ1n) is 12.8. The number of amides is 1. The van der Waals surface area contributed by atoms with E-state index < -0.39 is 46.6 Å². The molecule has 15 heteroatoms. The molecule has 1 amide bonds. The van der Waals surface area contributed by atoms with Gasteiger partial charge in [0.05, 0.1) is 23.6 Å². The molecule has 0 saturated heterocycles. The molecule has 0 radical (unpaired) electrons. The quantitative estimate of drug-likeness (QED) is 0.150. The average molecular weight is 633 g/mol. The summed E-state index contributed by atoms with van der Waals surface area (Å²) in [6.07, 6.45) is -6.43. The minimum atomic E-state index is -5.08. The SMILES string of the molecule is Nc1cc2ccccc2c(CCOC(=O)C[C@@H](NC(=O)c2ccccc2)NS(=O)(=O)c2ccccc2)n1.O=C(O)C(F)(F)F. The van der Waals surface area contributed by atoms with Gasteiger partial charge in [0.1, 0.15) is 12.0 Å². The first kappa shape index (κ1) is 33.5. The van der Waals surface area contributed by atoms with Gasteiger partial charge in [-0.1, -0.05) is 60.7 Å². The number of halogens is 3. The number of fused-ring (bicyclic) bond motifs is 1. The molecule has 1 heterocycles. The number of alkyl halides is 3. The van der Waals surface area contributed by atoms with Crippen LogP contribution in [0.4, 0.5) is 19.0 Å². The van der Waals surface area contributed by atoms with Crippen LogP contribution in [0.1, 0.15) is 22.5 Å². The lowest BCUT2D eigenvalue weighted by molar-refractivity contribution is -0.192. The fraction of sp³-hybridized carbons (Fsp3) is 0.172. The topological polar surface area (TPSA) is 178 Å². The number of carbonyl (C=O) groups is 3. The highest BCUT2D eigenvalue weighted by Crippen LogP contribution is 2.20. The smallest absolute Gasteiger partial charge is 0.475 e. The maximum Gasteiger partial charge on any atom is 0.490 e. The molecule has 4 aromatic rings. The van der Waals surface area contributed by atoms with Crippen LogP contribution >= 0.6 is 0 Å². The summed E-state index contributed by atoms with van der Waals surface area (Å²) in [6, 6.07) is 25.3. The fourth-order valence-corrected chi connectivity index (χ4v) is 4.95. The van der Waals surface area contributed by atoms with Crippen molar-refractivity contribution in [3.63, 3.8) is 0 Å². The van der Waals surface area contributed by atoms with Gasteiger partial charge in [-0.25, -0.2) is 18.2 Å². The largest absolute Gasteiger partial charge is 0.490 e. The van der Waals surface area contributed by atoms with Crippen molar-refractivity contribution in [1.82, 2.24) is 15.0 Å². The molecule has 0 fully saturated rings. The number of aliphatic carboxylic acids is 1. The van der Waals surface area contributed by atoms with Crippen LogP contribution < -0.4 is 15.8 Å². The Hall–Kier alpha value is -5.02. The molecule has 11 nitrogen and oxygen atoms in total. The lowest BCUT2D eigenvalue weighted by Gasteiger charge is -2.20. The summed E-state index contributed by atoms with van der Waals surface area (Å²) in [5.41, 5.74) is 6.90. The van der Waals surface area contributed by atoms with E-state index in [9.17, 15) is 31.2 Å². The number of hydrogen-bond acceptors (Lipinski definition) is 8. The van der Waals surface area contributed by atoms with Crippen molar-refractivity contribution in [3.8, 4) is 0 Å². The Bertz CT molecular complexity index is 1700. The normalized spacial score (nSPS) is 12.0. The highest BCUT2D eigenvalue weighted by Gasteiger charge is 2.38. The summed E-state index contributed by atoms with van der Waals surface area (Å²) < 4.78 is 65.2. The number of anilines is 1. The molecule has 0 spiro atoms. The predicted molar refractivity (Wildman–Crippen MR) is 154 cm³/mol. The zero-order chi connectivity index (χ0) is 32.3. The second-order valence-corrected chi connectivity index (χ2v) is 10.7. The Morgan fingerprint density at radius 3 is 2.11 bits per heavy atom. The number of ether oxygens (including phenoxy) is 1. The number of aromatic nitrogens is 1. The van der Waals surface area contributed by atoms with Crippen LogP contribution in [0.3, 0.4) is 0 Å². The van der Waals surface area contributed by atoms with Gasteiger partial charge in [-0.05, 0) is 35.7 Å². The number of pyridine rings is 1. The van der Waals surface area contributed by atoms with E-state index in [1.165, 1.54) is 12.1 Å². The number of nitrogens with zero attached hydrogens (tertiary/aromatic N) is 1. The van der Waals surface area contributed by atoms with Gasteiger partial charge in [0, 0.05) is 17.4 Å². The second-order valence-electron chi connectivity index (χ2n) is 9.02. The Balaban J connectivity index is 0.000000676. The van der Waals surface area contributed by atoms with E-state index in [0.29, 0.717) is 23.5 Å². The summed E-state index contributed by atoms with van der Waals surface area (Å²) in [7, 11) is -4.02. The van der Waals surface area contributed by atoms with E-state index in [0.717, 1.165) is 10.8 Å². The molecule has 1 atom stereocenters. The highest BCUT2D eigenvalue weighted by atomic mass is 32.2. The monoisotopic (exact) mass is 632 g/mol. The number of sulfonamides is 1. The summed E-state index contributed by atoms with van der Waals surface area (Å²) in [4.78, 5) is 38.6. The van der Waals surface area contributed by atoms with Gasteiger partial charge in [0.15, 0.2) is 0 Å². The van der Waals surface area contributed by atoms with Crippen molar-refractivity contribution in [2.45, 2.75) is 30.1 Å². The van der Waals surface area contributed by atoms with Crippen LogP contribution in [0.25, 0.3) is 10.8 Å². The van der Waals surface area contributed by atoms with Crippen LogP contribution in [0.2, 0.25) is 0 Å². The van der Waals surface area contributed by atoms with E-state index in [4.69, 9.17) is 20.4 Å². The van der Waals surface area contributed by atoms with Crippen molar-refractivity contribution in [1.29, 1.82) is 0 Å². The standard InChI is InChI=1S/C27H26N4O5S.C2HF3O2/c28-24-17-20-11-7-8-14-22(20)23(29-24)15-16-36-26(32)18-25(30-27(33)19-9-3-1-4-10-19)31-37(34,35)21-12-5-2-6-13-21;3-2(4,5)1(6)7/h1-14,17,25,31H,15-16,18H2,(H2,28,29)(H,30,33);(H,6,7)/t25-;/m0./s1. The van der Waals surface area contributed by atoms with Gasteiger partial charge >= 0.3 is 18.1 Å². The lowest BCUT2D eigenvalue weighted by Crippen LogP contribution is -2.49. The van der Waals surface area contributed by atoms with E-state index in [-0.39, 0.29) is 11.5 Å². The second kappa shape index (κ2) is 14.9. The fourth-order valence-electron chi connectivity index (χ4n) is 3.78. The van der Waals surface area contributed by atoms with Crippen molar-refractivity contribution in [3.05, 3.63) is 102 Å². The molecule has 0 aliphatic carbocycles. The summed E-state index contributed by atoms with van der Waals surface area (Å²) in [6.45, 7) is 0.00404. The molecule has 5 N–H and O–H groups in total. The van der Waals surface area contributed by atoms with E-state index in [2.05, 4.69) is 15.0 Å². The van der Waals surface area contributed by atoms with Gasteiger partial charge in [-0.2, -0.15) is 17.9 Å². The van der Waals surface area contributed by atoms with E-state index in [1.54, 1.807) is 54.6 Å². The molecular weight excluding hydrogens is 605 g/mol. The molecule has 0 aliphatic heterocycles. The Kier molecular flexibility index (Phi) is 11.4. The number of esters is 1. The van der Waals surface area contributed by atoms with Crippen LogP contribution in [-0.4, -0.2) is 55.3 Å². The molecule has 1 aromatic heterocycles. The summed E-state index contributed by atoms with van der Waals surface area (Å²) >= 11 is 0. The third-order valence-electron chi connectivity index (χ3n) is 5.75. The highest BCUT2D eigenvalue weighted by molar-refractivity contribution is 7.89. The lowest BCUT2D eigenvalue weighted by atomic mass is 10.1. The van der Waals surface area contributed by atoms with E-state index >= 15 is 0 Å². The molecule has 0 bridgehead atoms. The summed E-state index contributed by atoms with van der Waals surface area (Å²) in [5.74, 6) is -3.63. The number of carbonyl (C=O) groups excluding carboxylic acids is 2. The van der Waals surface area contributed by atoms with Crippen molar-refractivity contribution >= 4 is 44.5 Å². The van der Waals surface area contributed by atoms with Crippen LogP contribution in [-0.2, 0) is 30.8 Å². The van der Waals surface area contributed by atoms with Gasteiger partial charge in [0.2, 0.25) is 10.0 Å². The van der Waals surface area contributed by atoms with Crippen molar-refractivity contribution in [2.75, 3.05) is 12.3 Å². The molecule has 3 aromatic carbocycles. The number of benzene rings is 3. The van der Waals surface area contributed by atoms with E-state index in [1.807, 2.05) is 24.3 Å². The Morgan fingerprint density at radius 2 is 1.50 bits per heavy atom. The maximum absolute atomic E-state index is 12.9. The molecule has 0 saturated carbocycles. The molecular formula is C29H27F3N4O7S. The Morgan fingerprint density at radius 1 is 0.932 bits per heavy atom. The van der Waals surface area contributed by atoms with Gasteiger partial charge in [0.25, 0.3) is 5.91 Å². The Labute approximate surface area is 249 Å². The first-order valence-corrected chi connectivity index (χ1v) is 14.3. The summed E-state index contributed by atoms with van der Waals surface area (Å²) in [5, 5.41) is 11.5. The van der Waals surface area contributed by atoms with Crippen molar-refractivity contribution < 1.29 is 45.8 Å². The minimum Gasteiger partial charge on any atom is -0.475 e. The van der Waals surface area contributed by atoms with Gasteiger partial charge in [-0.15, -0.1) is 0 Å². The first-order chi connectivity index (χ1) is 20.8. The average Bonchev–Trinajstić information content (AvgIpc) is 2.97. The molecule has 4 rings (SSSR count). The minimum absolute atomic E-state index is 0.00180. The number of nitrogens with one attached hydrogen (secondary N) is 2. The molecule has 0 aliphatic rings. The number of hydrogen-bond donors (Lipinski definition) is 4. The van der Waals surface area contributed by atoms with Crippen LogP contribution in [0.15, 0.2) is 95.9 Å². The number of nitrogens with two attached hydrogens (primary N) is 1. The zero-order valence-corrected chi connectivity index (χ0v) is 23.6. The number of carboxylic acid groups (broad SMARTS) is 1. The maximum atomic E-state index is 12.9. The van der Waals surface area contributed by atoms with Gasteiger partial charge < -0.3 is 20.9 Å². The zero-order valence-electron chi connectivity index (χ0n) is 22.8. The van der Waals surface area contributed by atoms with Crippen molar-refractivity contribution in [2.24, 2.45) is 0 Å². The number of rotatable bonds is 10. The number of nitrogen functional groups attached to an aromatic ring is 1. The molecule has 232 valence electrons. The molecule has 0 unspecified atom stereocenters. The van der Waals surface area contributed by atoms with Crippen LogP contribution in [0.5, 0.6) is 0 Å². The van der Waals surface area contributed by atoms with Crippen LogP contribution in [0, 0.1) is 0 Å². The number of carboxylic acids is 1. The third-order valence-corrected chi connectivity index (χ3v) is 7.23.